The molecule has 0 aliphatic carbocycles. The SMILES string of the molecule is O=C(NCc1ccccc1)c1cc2cc(-c3ccc4ncccc4c3)c(-c3ccccc3)nc2[nH]c1=O. The molecule has 37 heavy (non-hydrogen) atoms. The number of hydrogen-bond donors (Lipinski definition) is 2. The molecule has 3 aromatic heterocycles. The minimum atomic E-state index is -0.478. The van der Waals surface area contributed by atoms with Crippen molar-refractivity contribution in [2.24, 2.45) is 0 Å². The van der Waals surface area contributed by atoms with Crippen molar-refractivity contribution in [3.63, 3.8) is 0 Å². The normalized spacial score (nSPS) is 11.0. The number of amides is 1. The predicted octanol–water partition coefficient (Wildman–Crippen LogP) is 5.74. The van der Waals surface area contributed by atoms with Gasteiger partial charge in [0.15, 0.2) is 0 Å². The fourth-order valence-electron chi connectivity index (χ4n) is 4.46. The van der Waals surface area contributed by atoms with Crippen molar-refractivity contribution in [3.05, 3.63) is 131 Å². The summed E-state index contributed by atoms with van der Waals surface area (Å²) in [4.78, 5) is 37.9. The molecule has 0 unspecified atom stereocenters. The van der Waals surface area contributed by atoms with E-state index < -0.39 is 11.5 Å². The summed E-state index contributed by atoms with van der Waals surface area (Å²) >= 11 is 0. The van der Waals surface area contributed by atoms with Gasteiger partial charge in [0.25, 0.3) is 11.5 Å². The fraction of sp³-hybridized carbons (Fsp3) is 0.0323. The van der Waals surface area contributed by atoms with Crippen LogP contribution >= 0.6 is 0 Å². The number of benzene rings is 3. The number of carbonyl (C=O) groups is 1. The standard InChI is InChI=1S/C31H22N4O2/c36-30(33-19-20-8-3-1-4-9-20)26-18-24-17-25(22-13-14-27-23(16-22)12-7-15-32-27)28(21-10-5-2-6-11-21)34-29(24)35-31(26)37/h1-18H,19H2,(H,33,36)(H,34,35,37). The maximum atomic E-state index is 12.9. The van der Waals surface area contributed by atoms with E-state index in [9.17, 15) is 9.59 Å². The van der Waals surface area contributed by atoms with Crippen LogP contribution in [-0.2, 0) is 6.54 Å². The number of nitrogens with zero attached hydrogens (tertiary/aromatic N) is 2. The second kappa shape index (κ2) is 9.51. The molecule has 1 amide bonds. The Bertz CT molecular complexity index is 1810. The molecule has 0 saturated carbocycles. The van der Waals surface area contributed by atoms with Gasteiger partial charge in [-0.3, -0.25) is 14.6 Å². The molecule has 6 nitrogen and oxygen atoms in total. The first-order chi connectivity index (χ1) is 18.2. The Balaban J connectivity index is 1.47. The van der Waals surface area contributed by atoms with Crippen LogP contribution in [-0.4, -0.2) is 20.9 Å². The summed E-state index contributed by atoms with van der Waals surface area (Å²) in [7, 11) is 0. The maximum Gasteiger partial charge on any atom is 0.262 e. The van der Waals surface area contributed by atoms with E-state index in [0.717, 1.165) is 38.9 Å². The van der Waals surface area contributed by atoms with Gasteiger partial charge in [-0.15, -0.1) is 0 Å². The largest absolute Gasteiger partial charge is 0.348 e. The number of hydrogen-bond acceptors (Lipinski definition) is 4. The van der Waals surface area contributed by atoms with Crippen LogP contribution in [0.5, 0.6) is 0 Å². The van der Waals surface area contributed by atoms with Crippen molar-refractivity contribution < 1.29 is 4.79 Å². The minimum Gasteiger partial charge on any atom is -0.348 e. The number of H-pyrrole nitrogens is 1. The molecular weight excluding hydrogens is 460 g/mol. The van der Waals surface area contributed by atoms with Crippen molar-refractivity contribution in [1.82, 2.24) is 20.3 Å². The van der Waals surface area contributed by atoms with Crippen molar-refractivity contribution in [2.45, 2.75) is 6.54 Å². The molecule has 6 aromatic rings. The third-order valence-corrected chi connectivity index (χ3v) is 6.33. The van der Waals surface area contributed by atoms with Crippen LogP contribution in [0.4, 0.5) is 0 Å². The van der Waals surface area contributed by atoms with Crippen LogP contribution in [0, 0.1) is 0 Å². The average Bonchev–Trinajstić information content (AvgIpc) is 2.95. The van der Waals surface area contributed by atoms with E-state index >= 15 is 0 Å². The molecule has 0 atom stereocenters. The van der Waals surface area contributed by atoms with Crippen LogP contribution in [0.3, 0.4) is 0 Å². The van der Waals surface area contributed by atoms with E-state index in [1.165, 1.54) is 0 Å². The highest BCUT2D eigenvalue weighted by atomic mass is 16.2. The summed E-state index contributed by atoms with van der Waals surface area (Å²) in [5, 5.41) is 4.53. The Kier molecular flexibility index (Phi) is 5.75. The third-order valence-electron chi connectivity index (χ3n) is 6.33. The average molecular weight is 483 g/mol. The van der Waals surface area contributed by atoms with Crippen molar-refractivity contribution >= 4 is 27.8 Å². The molecule has 0 saturated heterocycles. The van der Waals surface area contributed by atoms with E-state index in [1.807, 2.05) is 91.0 Å². The Hall–Kier alpha value is -5.10. The summed E-state index contributed by atoms with van der Waals surface area (Å²) in [6, 6.07) is 33.0. The first kappa shape index (κ1) is 22.4. The third kappa shape index (κ3) is 4.48. The minimum absolute atomic E-state index is 0.0475. The number of carbonyl (C=O) groups excluding carboxylic acids is 1. The van der Waals surface area contributed by atoms with Gasteiger partial charge < -0.3 is 10.3 Å². The monoisotopic (exact) mass is 482 g/mol. The van der Waals surface area contributed by atoms with Gasteiger partial charge in [-0.2, -0.15) is 0 Å². The number of aromatic amines is 1. The summed E-state index contributed by atoms with van der Waals surface area (Å²) in [5.41, 5.74) is 5.39. The predicted molar refractivity (Wildman–Crippen MR) is 146 cm³/mol. The second-order valence-electron chi connectivity index (χ2n) is 8.78. The molecule has 2 N–H and O–H groups in total. The number of rotatable bonds is 5. The van der Waals surface area contributed by atoms with Crippen molar-refractivity contribution in [3.8, 4) is 22.4 Å². The lowest BCUT2D eigenvalue weighted by atomic mass is 9.96. The van der Waals surface area contributed by atoms with Crippen molar-refractivity contribution in [2.75, 3.05) is 0 Å². The number of fused-ring (bicyclic) bond motifs is 2. The van der Waals surface area contributed by atoms with E-state index in [1.54, 1.807) is 12.3 Å². The van der Waals surface area contributed by atoms with E-state index in [0.29, 0.717) is 17.6 Å². The lowest BCUT2D eigenvalue weighted by Gasteiger charge is -2.13. The van der Waals surface area contributed by atoms with Gasteiger partial charge in [0, 0.05) is 34.6 Å². The van der Waals surface area contributed by atoms with Gasteiger partial charge in [0.1, 0.15) is 11.2 Å². The highest BCUT2D eigenvalue weighted by molar-refractivity contribution is 5.99. The van der Waals surface area contributed by atoms with E-state index in [4.69, 9.17) is 4.98 Å². The lowest BCUT2D eigenvalue weighted by Crippen LogP contribution is -2.29. The summed E-state index contributed by atoms with van der Waals surface area (Å²) in [6.07, 6.45) is 1.77. The van der Waals surface area contributed by atoms with Crippen LogP contribution in [0.2, 0.25) is 0 Å². The number of aromatic nitrogens is 3. The molecule has 6 heteroatoms. The topological polar surface area (TPSA) is 87.7 Å². The summed E-state index contributed by atoms with van der Waals surface area (Å²) in [6.45, 7) is 0.332. The van der Waals surface area contributed by atoms with E-state index in [-0.39, 0.29) is 5.56 Å². The molecule has 0 fully saturated rings. The number of nitrogens with one attached hydrogen (secondary N) is 2. The van der Waals surface area contributed by atoms with Gasteiger partial charge in [0.05, 0.1) is 11.2 Å². The zero-order valence-electron chi connectivity index (χ0n) is 19.8. The highest BCUT2D eigenvalue weighted by Gasteiger charge is 2.16. The zero-order valence-corrected chi connectivity index (χ0v) is 19.8. The van der Waals surface area contributed by atoms with Gasteiger partial charge in [-0.05, 0) is 41.5 Å². The molecule has 3 aromatic carbocycles. The van der Waals surface area contributed by atoms with Crippen LogP contribution in [0.25, 0.3) is 44.3 Å². The Morgan fingerprint density at radius 1 is 0.784 bits per heavy atom. The molecule has 178 valence electrons. The first-order valence-corrected chi connectivity index (χ1v) is 12.0. The quantitative estimate of drug-likeness (QED) is 0.328. The molecule has 0 radical (unpaired) electrons. The smallest absolute Gasteiger partial charge is 0.262 e. The molecule has 6 rings (SSSR count). The molecular formula is C31H22N4O2. The van der Waals surface area contributed by atoms with E-state index in [2.05, 4.69) is 21.4 Å². The molecule has 0 spiro atoms. The molecule has 0 aliphatic heterocycles. The summed E-state index contributed by atoms with van der Waals surface area (Å²) in [5.74, 6) is -0.433. The Morgan fingerprint density at radius 3 is 2.38 bits per heavy atom. The molecule has 3 heterocycles. The molecule has 0 aliphatic rings. The first-order valence-electron chi connectivity index (χ1n) is 12.0. The second-order valence-corrected chi connectivity index (χ2v) is 8.78. The molecule has 0 bridgehead atoms. The van der Waals surface area contributed by atoms with Gasteiger partial charge in [0.2, 0.25) is 0 Å². The van der Waals surface area contributed by atoms with Crippen molar-refractivity contribution in [1.29, 1.82) is 0 Å². The fourth-order valence-corrected chi connectivity index (χ4v) is 4.46. The number of pyridine rings is 3. The van der Waals surface area contributed by atoms with Crippen LogP contribution in [0.1, 0.15) is 15.9 Å². The van der Waals surface area contributed by atoms with Gasteiger partial charge in [-0.1, -0.05) is 72.8 Å². The zero-order chi connectivity index (χ0) is 25.2. The Morgan fingerprint density at radius 2 is 1.57 bits per heavy atom. The van der Waals surface area contributed by atoms with Gasteiger partial charge >= 0.3 is 0 Å². The highest BCUT2D eigenvalue weighted by Crippen LogP contribution is 2.34. The summed E-state index contributed by atoms with van der Waals surface area (Å²) < 4.78 is 0. The van der Waals surface area contributed by atoms with Crippen LogP contribution < -0.4 is 10.9 Å². The Labute approximate surface area is 212 Å². The van der Waals surface area contributed by atoms with Crippen LogP contribution in [0.15, 0.2) is 114 Å². The lowest BCUT2D eigenvalue weighted by molar-refractivity contribution is 0.0949. The van der Waals surface area contributed by atoms with Gasteiger partial charge in [-0.25, -0.2) is 4.98 Å². The maximum absolute atomic E-state index is 12.9.